The Balaban J connectivity index is 3.21. The van der Waals surface area contributed by atoms with E-state index in [0.717, 1.165) is 5.56 Å². The van der Waals surface area contributed by atoms with E-state index in [-0.39, 0.29) is 0 Å². The molecule has 0 saturated carbocycles. The maximum atomic E-state index is 5.33. The van der Waals surface area contributed by atoms with E-state index in [0.29, 0.717) is 6.54 Å². The van der Waals surface area contributed by atoms with E-state index in [2.05, 4.69) is 44.7 Å². The van der Waals surface area contributed by atoms with Crippen molar-refractivity contribution in [2.75, 3.05) is 6.54 Å². The highest BCUT2D eigenvalue weighted by molar-refractivity contribution is 5.48. The molecule has 13 heavy (non-hydrogen) atoms. The van der Waals surface area contributed by atoms with Crippen LogP contribution in [0.2, 0.25) is 0 Å². The third-order valence-electron chi connectivity index (χ3n) is 1.99. The number of aryl methyl sites for hydroxylation is 3. The summed E-state index contributed by atoms with van der Waals surface area (Å²) >= 11 is 0. The zero-order chi connectivity index (χ0) is 9.84. The van der Waals surface area contributed by atoms with Gasteiger partial charge in [0.1, 0.15) is 0 Å². The molecule has 0 atom stereocenters. The molecule has 1 heteroatoms. The van der Waals surface area contributed by atoms with Gasteiger partial charge >= 0.3 is 0 Å². The van der Waals surface area contributed by atoms with E-state index >= 15 is 0 Å². The lowest BCUT2D eigenvalue weighted by molar-refractivity contribution is 1.28. The summed E-state index contributed by atoms with van der Waals surface area (Å²) in [7, 11) is 0. The molecule has 0 radical (unpaired) electrons. The summed E-state index contributed by atoms with van der Waals surface area (Å²) in [5.41, 5.74) is 10.2. The second-order valence-electron chi connectivity index (χ2n) is 3.28. The molecule has 0 unspecified atom stereocenters. The molecule has 0 saturated heterocycles. The minimum Gasteiger partial charge on any atom is -0.320 e. The lowest BCUT2D eigenvalue weighted by atomic mass is 10.0. The molecule has 1 aromatic carbocycles. The molecule has 0 aliphatic rings. The maximum Gasteiger partial charge on any atom is 0.0555 e. The van der Waals surface area contributed by atoms with Crippen LogP contribution in [-0.2, 0) is 0 Å². The van der Waals surface area contributed by atoms with Crippen LogP contribution >= 0.6 is 0 Å². The Morgan fingerprint density at radius 2 is 1.69 bits per heavy atom. The first-order chi connectivity index (χ1) is 6.15. The molecular weight excluding hydrogens is 158 g/mol. The molecule has 1 aromatic rings. The average molecular weight is 173 g/mol. The van der Waals surface area contributed by atoms with Crippen molar-refractivity contribution in [3.8, 4) is 11.8 Å². The second-order valence-corrected chi connectivity index (χ2v) is 3.28. The monoisotopic (exact) mass is 173 g/mol. The van der Waals surface area contributed by atoms with Gasteiger partial charge in [0.25, 0.3) is 0 Å². The van der Waals surface area contributed by atoms with Gasteiger partial charge in [0, 0.05) is 5.56 Å². The zero-order valence-corrected chi connectivity index (χ0v) is 8.44. The smallest absolute Gasteiger partial charge is 0.0555 e. The zero-order valence-electron chi connectivity index (χ0n) is 8.44. The highest BCUT2D eigenvalue weighted by Crippen LogP contribution is 2.14. The molecule has 1 nitrogen and oxygen atoms in total. The van der Waals surface area contributed by atoms with Crippen LogP contribution in [0.15, 0.2) is 12.1 Å². The molecule has 0 heterocycles. The highest BCUT2D eigenvalue weighted by atomic mass is 14.5. The fourth-order valence-corrected chi connectivity index (χ4v) is 1.52. The van der Waals surface area contributed by atoms with Gasteiger partial charge in [-0.2, -0.15) is 0 Å². The van der Waals surface area contributed by atoms with Crippen molar-refractivity contribution < 1.29 is 0 Å². The Morgan fingerprint density at radius 3 is 2.15 bits per heavy atom. The molecule has 0 bridgehead atoms. The number of hydrogen-bond donors (Lipinski definition) is 1. The van der Waals surface area contributed by atoms with Crippen molar-refractivity contribution in [3.63, 3.8) is 0 Å². The standard InChI is InChI=1S/C12H15N/c1-9-7-10(2)12(5-4-6-13)11(3)8-9/h7-8H,6,13H2,1-3H3. The van der Waals surface area contributed by atoms with Crippen LogP contribution in [0.3, 0.4) is 0 Å². The van der Waals surface area contributed by atoms with Crippen LogP contribution in [0.4, 0.5) is 0 Å². The van der Waals surface area contributed by atoms with Crippen LogP contribution < -0.4 is 5.73 Å². The summed E-state index contributed by atoms with van der Waals surface area (Å²) < 4.78 is 0. The van der Waals surface area contributed by atoms with E-state index < -0.39 is 0 Å². The summed E-state index contributed by atoms with van der Waals surface area (Å²) in [5.74, 6) is 5.98. The first-order valence-corrected chi connectivity index (χ1v) is 4.42. The molecule has 0 aliphatic heterocycles. The molecule has 0 fully saturated rings. The van der Waals surface area contributed by atoms with Crippen LogP contribution in [0.5, 0.6) is 0 Å². The lowest BCUT2D eigenvalue weighted by Crippen LogP contribution is -1.95. The van der Waals surface area contributed by atoms with Gasteiger partial charge in [-0.3, -0.25) is 0 Å². The molecule has 68 valence electrons. The SMILES string of the molecule is Cc1cc(C)c(C#CCN)c(C)c1. The number of hydrogen-bond acceptors (Lipinski definition) is 1. The number of benzene rings is 1. The lowest BCUT2D eigenvalue weighted by Gasteiger charge is -2.04. The van der Waals surface area contributed by atoms with Gasteiger partial charge in [-0.1, -0.05) is 29.5 Å². The predicted molar refractivity (Wildman–Crippen MR) is 56.6 cm³/mol. The van der Waals surface area contributed by atoms with Crippen LogP contribution in [0, 0.1) is 32.6 Å². The van der Waals surface area contributed by atoms with Crippen molar-refractivity contribution in [2.45, 2.75) is 20.8 Å². The Hall–Kier alpha value is -1.26. The minimum absolute atomic E-state index is 0.423. The van der Waals surface area contributed by atoms with Crippen LogP contribution in [0.25, 0.3) is 0 Å². The Labute approximate surface area is 80.0 Å². The molecule has 2 N–H and O–H groups in total. The number of nitrogens with two attached hydrogens (primary N) is 1. The van der Waals surface area contributed by atoms with E-state index in [1.54, 1.807) is 0 Å². The van der Waals surface area contributed by atoms with Crippen molar-refractivity contribution in [2.24, 2.45) is 5.73 Å². The molecule has 0 aliphatic carbocycles. The topological polar surface area (TPSA) is 26.0 Å². The van der Waals surface area contributed by atoms with Gasteiger partial charge < -0.3 is 5.73 Å². The maximum absolute atomic E-state index is 5.33. The Bertz CT molecular complexity index is 343. The third kappa shape index (κ3) is 2.34. The highest BCUT2D eigenvalue weighted by Gasteiger charge is 1.99. The van der Waals surface area contributed by atoms with E-state index in [1.807, 2.05) is 0 Å². The van der Waals surface area contributed by atoms with Crippen molar-refractivity contribution >= 4 is 0 Å². The summed E-state index contributed by atoms with van der Waals surface area (Å²) in [6.45, 7) is 6.69. The first-order valence-electron chi connectivity index (χ1n) is 4.42. The Morgan fingerprint density at radius 1 is 1.15 bits per heavy atom. The summed E-state index contributed by atoms with van der Waals surface area (Å²) in [6, 6.07) is 4.29. The average Bonchev–Trinajstić information content (AvgIpc) is 2.02. The van der Waals surface area contributed by atoms with Crippen LogP contribution in [0.1, 0.15) is 22.3 Å². The van der Waals surface area contributed by atoms with E-state index in [4.69, 9.17) is 5.73 Å². The van der Waals surface area contributed by atoms with Gasteiger partial charge in [-0.25, -0.2) is 0 Å². The molecular formula is C12H15N. The fraction of sp³-hybridized carbons (Fsp3) is 0.333. The summed E-state index contributed by atoms with van der Waals surface area (Å²) in [4.78, 5) is 0. The largest absolute Gasteiger partial charge is 0.320 e. The second kappa shape index (κ2) is 4.11. The van der Waals surface area contributed by atoms with Gasteiger partial charge in [0.05, 0.1) is 6.54 Å². The molecule has 0 spiro atoms. The molecule has 0 aromatic heterocycles. The van der Waals surface area contributed by atoms with Gasteiger partial charge in [-0.05, 0) is 31.9 Å². The van der Waals surface area contributed by atoms with Crippen molar-refractivity contribution in [3.05, 3.63) is 34.4 Å². The van der Waals surface area contributed by atoms with E-state index in [1.165, 1.54) is 16.7 Å². The molecule has 1 rings (SSSR count). The van der Waals surface area contributed by atoms with Crippen molar-refractivity contribution in [1.82, 2.24) is 0 Å². The third-order valence-corrected chi connectivity index (χ3v) is 1.99. The van der Waals surface area contributed by atoms with Crippen molar-refractivity contribution in [1.29, 1.82) is 0 Å². The first kappa shape index (κ1) is 9.83. The summed E-state index contributed by atoms with van der Waals surface area (Å²) in [6.07, 6.45) is 0. The Kier molecular flexibility index (Phi) is 3.11. The normalized spacial score (nSPS) is 9.23. The number of rotatable bonds is 0. The fourth-order valence-electron chi connectivity index (χ4n) is 1.52. The van der Waals surface area contributed by atoms with E-state index in [9.17, 15) is 0 Å². The van der Waals surface area contributed by atoms with Gasteiger partial charge in [0.2, 0.25) is 0 Å². The van der Waals surface area contributed by atoms with Gasteiger partial charge in [0.15, 0.2) is 0 Å². The predicted octanol–water partition coefficient (Wildman–Crippen LogP) is 1.92. The van der Waals surface area contributed by atoms with Crippen LogP contribution in [-0.4, -0.2) is 6.54 Å². The minimum atomic E-state index is 0.423. The quantitative estimate of drug-likeness (QED) is 0.596. The summed E-state index contributed by atoms with van der Waals surface area (Å²) in [5, 5.41) is 0. The molecule has 0 amide bonds. The van der Waals surface area contributed by atoms with Gasteiger partial charge in [-0.15, -0.1) is 0 Å².